The van der Waals surface area contributed by atoms with E-state index in [2.05, 4.69) is 5.32 Å². The number of anilines is 2. The number of rotatable bonds is 5. The van der Waals surface area contributed by atoms with Crippen molar-refractivity contribution >= 4 is 21.4 Å². The first-order valence-corrected chi connectivity index (χ1v) is 15.4. The molecule has 8 nitrogen and oxygen atoms in total. The van der Waals surface area contributed by atoms with Crippen LogP contribution in [-0.2, 0) is 21.3 Å². The molecule has 3 aromatic carbocycles. The average molecular weight is 585 g/mol. The molecule has 41 heavy (non-hydrogen) atoms. The summed E-state index contributed by atoms with van der Waals surface area (Å²) in [5.41, 5.74) is 5.42. The van der Waals surface area contributed by atoms with Crippen molar-refractivity contribution in [3.05, 3.63) is 64.0 Å². The molecule has 1 atom stereocenters. The van der Waals surface area contributed by atoms with E-state index in [9.17, 15) is 18.6 Å². The summed E-state index contributed by atoms with van der Waals surface area (Å²) in [7, 11) is -3.81. The van der Waals surface area contributed by atoms with Crippen molar-refractivity contribution in [3.8, 4) is 28.0 Å². The molecule has 0 amide bonds. The Morgan fingerprint density at radius 1 is 1.02 bits per heavy atom. The summed E-state index contributed by atoms with van der Waals surface area (Å²) in [5.74, 6) is 0.246. The lowest BCUT2D eigenvalue weighted by molar-refractivity contribution is -0.185. The predicted octanol–water partition coefficient (Wildman–Crippen LogP) is 5.34. The molecule has 0 unspecified atom stereocenters. The highest BCUT2D eigenvalue weighted by atomic mass is 32.2. The van der Waals surface area contributed by atoms with Crippen LogP contribution in [0.15, 0.2) is 30.3 Å². The topological polar surface area (TPSA) is 108 Å². The van der Waals surface area contributed by atoms with Gasteiger partial charge < -0.3 is 25.0 Å². The molecule has 5 rings (SSSR count). The fourth-order valence-electron chi connectivity index (χ4n) is 6.11. The minimum atomic E-state index is -3.81. The molecule has 3 N–H and O–H groups in total. The van der Waals surface area contributed by atoms with Crippen LogP contribution in [0.3, 0.4) is 0 Å². The first kappa shape index (κ1) is 29.3. The van der Waals surface area contributed by atoms with E-state index in [0.717, 1.165) is 23.1 Å². The zero-order chi connectivity index (χ0) is 30.0. The minimum Gasteiger partial charge on any atom is -0.490 e. The van der Waals surface area contributed by atoms with Gasteiger partial charge in [-0.2, -0.15) is 0 Å². The maximum absolute atomic E-state index is 15.6. The van der Waals surface area contributed by atoms with Crippen LogP contribution in [-0.4, -0.2) is 49.9 Å². The predicted molar refractivity (Wildman–Crippen MR) is 158 cm³/mol. The number of aliphatic hydroxyl groups is 2. The molecule has 0 aromatic heterocycles. The van der Waals surface area contributed by atoms with Crippen molar-refractivity contribution in [3.63, 3.8) is 0 Å². The lowest BCUT2D eigenvalue weighted by Gasteiger charge is -2.38. The van der Waals surface area contributed by atoms with E-state index >= 15 is 4.39 Å². The quantitative estimate of drug-likeness (QED) is 0.348. The lowest BCUT2D eigenvalue weighted by atomic mass is 9.79. The molecule has 2 aliphatic heterocycles. The largest absolute Gasteiger partial charge is 0.490 e. The SMILES string of the molecule is Cc1c(-c2c(C)c3c(c(C)c2[C@H](OC(C)(C)C)C(O)O)N(S(C)(=O)=O)Cc2cccc(F)c2-3)ccc2c1NCCO2. The summed E-state index contributed by atoms with van der Waals surface area (Å²) in [5, 5.41) is 24.8. The Balaban J connectivity index is 1.97. The van der Waals surface area contributed by atoms with Crippen molar-refractivity contribution in [1.82, 2.24) is 0 Å². The maximum atomic E-state index is 15.6. The van der Waals surface area contributed by atoms with Gasteiger partial charge in [0, 0.05) is 17.7 Å². The van der Waals surface area contributed by atoms with Crippen LogP contribution in [0.25, 0.3) is 22.3 Å². The number of nitrogens with zero attached hydrogens (tertiary/aromatic N) is 1. The van der Waals surface area contributed by atoms with Gasteiger partial charge in [0.25, 0.3) is 0 Å². The zero-order valence-electron chi connectivity index (χ0n) is 24.4. The Bertz CT molecular complexity index is 1650. The summed E-state index contributed by atoms with van der Waals surface area (Å²) in [6, 6.07) is 8.43. The molecule has 2 aliphatic rings. The van der Waals surface area contributed by atoms with E-state index in [0.29, 0.717) is 63.5 Å². The van der Waals surface area contributed by atoms with E-state index < -0.39 is 33.8 Å². The molecule has 3 aromatic rings. The molecule has 0 saturated heterocycles. The van der Waals surface area contributed by atoms with Crippen LogP contribution < -0.4 is 14.4 Å². The Morgan fingerprint density at radius 2 is 1.73 bits per heavy atom. The second-order valence-electron chi connectivity index (χ2n) is 11.8. The molecular weight excluding hydrogens is 547 g/mol. The number of aliphatic hydroxyl groups excluding tert-OH is 1. The number of halogens is 1. The standard InChI is InChI=1S/C31H37FN2O6S/c1-16-20(11-12-22-27(16)33-13-14-39-22)23-17(2)24-26-19(9-8-10-21(26)32)15-34(41(7,37)38)28(24)18(3)25(23)29(30(35)36)40-31(4,5)6/h8-12,29-30,33,35-36H,13-15H2,1-7H3/t29-/m0/s1. The second kappa shape index (κ2) is 10.3. The lowest BCUT2D eigenvalue weighted by Crippen LogP contribution is -2.35. The second-order valence-corrected chi connectivity index (χ2v) is 13.7. The Hall–Kier alpha value is -3.18. The van der Waals surface area contributed by atoms with Crippen molar-refractivity contribution < 1.29 is 32.5 Å². The van der Waals surface area contributed by atoms with Gasteiger partial charge in [-0.1, -0.05) is 18.2 Å². The van der Waals surface area contributed by atoms with Crippen molar-refractivity contribution in [2.24, 2.45) is 0 Å². The normalized spacial score (nSPS) is 15.5. The fraction of sp³-hybridized carbons (Fsp3) is 0.419. The van der Waals surface area contributed by atoms with E-state index in [-0.39, 0.29) is 6.54 Å². The van der Waals surface area contributed by atoms with Crippen molar-refractivity contribution in [2.45, 2.75) is 66.1 Å². The number of hydrogen-bond donors (Lipinski definition) is 3. The summed E-state index contributed by atoms with van der Waals surface area (Å²) in [6.07, 6.45) is -2.05. The van der Waals surface area contributed by atoms with Crippen LogP contribution >= 0.6 is 0 Å². The fourth-order valence-corrected chi connectivity index (χ4v) is 7.04. The number of ether oxygens (including phenoxy) is 2. The highest BCUT2D eigenvalue weighted by Crippen LogP contribution is 2.53. The van der Waals surface area contributed by atoms with Gasteiger partial charge in [0.05, 0.1) is 29.8 Å². The van der Waals surface area contributed by atoms with Gasteiger partial charge in [0.1, 0.15) is 24.3 Å². The molecule has 0 radical (unpaired) electrons. The van der Waals surface area contributed by atoms with E-state index in [4.69, 9.17) is 9.47 Å². The first-order chi connectivity index (χ1) is 19.1. The van der Waals surface area contributed by atoms with Gasteiger partial charge in [0.15, 0.2) is 6.29 Å². The number of nitrogens with one attached hydrogen (secondary N) is 1. The summed E-state index contributed by atoms with van der Waals surface area (Å²) in [4.78, 5) is 0. The molecule has 0 aliphatic carbocycles. The van der Waals surface area contributed by atoms with E-state index in [1.807, 2.05) is 46.8 Å². The zero-order valence-corrected chi connectivity index (χ0v) is 25.2. The number of benzene rings is 3. The van der Waals surface area contributed by atoms with Crippen LogP contribution in [0.2, 0.25) is 0 Å². The van der Waals surface area contributed by atoms with Crippen molar-refractivity contribution in [2.75, 3.05) is 29.0 Å². The van der Waals surface area contributed by atoms with E-state index in [1.165, 1.54) is 10.4 Å². The summed E-state index contributed by atoms with van der Waals surface area (Å²) < 4.78 is 55.4. The molecule has 2 heterocycles. The van der Waals surface area contributed by atoms with E-state index in [1.54, 1.807) is 19.1 Å². The van der Waals surface area contributed by atoms with Crippen LogP contribution in [0.1, 0.15) is 54.7 Å². The molecule has 220 valence electrons. The molecule has 0 bridgehead atoms. The van der Waals surface area contributed by atoms with Gasteiger partial charge in [0.2, 0.25) is 10.0 Å². The molecule has 10 heteroatoms. The van der Waals surface area contributed by atoms with Gasteiger partial charge in [-0.05, 0) is 92.6 Å². The third-order valence-corrected chi connectivity index (χ3v) is 8.83. The van der Waals surface area contributed by atoms with Crippen molar-refractivity contribution in [1.29, 1.82) is 0 Å². The number of sulfonamides is 1. The maximum Gasteiger partial charge on any atom is 0.232 e. The molecule has 0 fully saturated rings. The van der Waals surface area contributed by atoms with Crippen LogP contribution in [0.4, 0.5) is 15.8 Å². The van der Waals surface area contributed by atoms with Gasteiger partial charge in [-0.3, -0.25) is 4.31 Å². The average Bonchev–Trinajstić information content (AvgIpc) is 2.88. The number of fused-ring (bicyclic) bond motifs is 4. The van der Waals surface area contributed by atoms with Gasteiger partial charge >= 0.3 is 0 Å². The Kier molecular flexibility index (Phi) is 7.34. The van der Waals surface area contributed by atoms with Gasteiger partial charge in [-0.15, -0.1) is 0 Å². The smallest absolute Gasteiger partial charge is 0.232 e. The molecular formula is C31H37FN2O6S. The Morgan fingerprint density at radius 3 is 2.37 bits per heavy atom. The third-order valence-electron chi connectivity index (χ3n) is 7.72. The highest BCUT2D eigenvalue weighted by Gasteiger charge is 2.39. The summed E-state index contributed by atoms with van der Waals surface area (Å²) in [6.45, 7) is 12.0. The minimum absolute atomic E-state index is 0.0520. The number of hydrogen-bond acceptors (Lipinski definition) is 7. The monoisotopic (exact) mass is 584 g/mol. The van der Waals surface area contributed by atoms with Crippen LogP contribution in [0, 0.1) is 26.6 Å². The van der Waals surface area contributed by atoms with Crippen LogP contribution in [0.5, 0.6) is 5.75 Å². The molecule has 0 spiro atoms. The summed E-state index contributed by atoms with van der Waals surface area (Å²) >= 11 is 0. The first-order valence-electron chi connectivity index (χ1n) is 13.6. The Labute approximate surface area is 240 Å². The third kappa shape index (κ3) is 5.07. The highest BCUT2D eigenvalue weighted by molar-refractivity contribution is 7.92. The molecule has 0 saturated carbocycles. The van der Waals surface area contributed by atoms with Gasteiger partial charge in [-0.25, -0.2) is 12.8 Å².